The molecule has 0 saturated heterocycles. The molecule has 0 amide bonds. The summed E-state index contributed by atoms with van der Waals surface area (Å²) >= 11 is 0. The van der Waals surface area contributed by atoms with Crippen molar-refractivity contribution in [3.05, 3.63) is 83.9 Å². The fourth-order valence-corrected chi connectivity index (χ4v) is 2.15. The summed E-state index contributed by atoms with van der Waals surface area (Å²) in [5.74, 6) is -0.315. The van der Waals surface area contributed by atoms with E-state index in [-0.39, 0.29) is 12.0 Å². The van der Waals surface area contributed by atoms with Crippen LogP contribution in [0.1, 0.15) is 24.1 Å². The molecule has 0 aliphatic rings. The van der Waals surface area contributed by atoms with E-state index < -0.39 is 0 Å². The number of carbonyl (C=O) groups excluding carboxylic acids is 1. The second-order valence-corrected chi connectivity index (χ2v) is 4.87. The predicted octanol–water partition coefficient (Wildman–Crippen LogP) is 3.64. The van der Waals surface area contributed by atoms with Crippen molar-refractivity contribution in [3.8, 4) is 0 Å². The average Bonchev–Trinajstić information content (AvgIpc) is 2.57. The Hall–Kier alpha value is -2.39. The largest absolute Gasteiger partial charge is 0.463 e. The summed E-state index contributed by atoms with van der Waals surface area (Å²) in [6, 6.07) is 20.2. The quantitative estimate of drug-likeness (QED) is 0.626. The average molecular weight is 295 g/mol. The first-order valence-corrected chi connectivity index (χ1v) is 7.47. The van der Waals surface area contributed by atoms with Crippen molar-refractivity contribution in [1.82, 2.24) is 5.32 Å². The lowest BCUT2D eigenvalue weighted by Crippen LogP contribution is -2.19. The van der Waals surface area contributed by atoms with Crippen molar-refractivity contribution in [3.63, 3.8) is 0 Å². The molecule has 0 spiro atoms. The van der Waals surface area contributed by atoms with Crippen LogP contribution in [0.3, 0.4) is 0 Å². The van der Waals surface area contributed by atoms with Crippen molar-refractivity contribution in [2.45, 2.75) is 19.5 Å². The van der Waals surface area contributed by atoms with Gasteiger partial charge in [0.15, 0.2) is 0 Å². The van der Waals surface area contributed by atoms with Gasteiger partial charge in [-0.3, -0.25) is 0 Å². The number of benzene rings is 2. The van der Waals surface area contributed by atoms with Crippen molar-refractivity contribution in [1.29, 1.82) is 0 Å². The number of hydrogen-bond acceptors (Lipinski definition) is 3. The van der Waals surface area contributed by atoms with Crippen LogP contribution in [0, 0.1) is 0 Å². The van der Waals surface area contributed by atoms with E-state index in [4.69, 9.17) is 4.74 Å². The van der Waals surface area contributed by atoms with Gasteiger partial charge in [0.2, 0.25) is 0 Å². The zero-order chi connectivity index (χ0) is 15.6. The minimum absolute atomic E-state index is 0.0363. The Morgan fingerprint density at radius 2 is 1.73 bits per heavy atom. The molecule has 1 N–H and O–H groups in total. The fraction of sp³-hybridized carbons (Fsp3) is 0.211. The van der Waals surface area contributed by atoms with Crippen LogP contribution in [0.2, 0.25) is 0 Å². The zero-order valence-electron chi connectivity index (χ0n) is 12.7. The summed E-state index contributed by atoms with van der Waals surface area (Å²) in [5, 5.41) is 3.46. The summed E-state index contributed by atoms with van der Waals surface area (Å²) in [7, 11) is 0. The molecule has 3 heteroatoms. The van der Waals surface area contributed by atoms with Gasteiger partial charge < -0.3 is 10.1 Å². The number of hydrogen-bond donors (Lipinski definition) is 1. The molecule has 2 rings (SSSR count). The molecule has 2 aromatic carbocycles. The SMILES string of the molecule is CCOC(=O)/C=C/[C@H](NCc1ccccc1)c1ccccc1. The van der Waals surface area contributed by atoms with Crippen molar-refractivity contribution in [2.24, 2.45) is 0 Å². The van der Waals surface area contributed by atoms with Crippen LogP contribution in [0.4, 0.5) is 0 Å². The van der Waals surface area contributed by atoms with Crippen molar-refractivity contribution in [2.75, 3.05) is 6.61 Å². The highest BCUT2D eigenvalue weighted by atomic mass is 16.5. The van der Waals surface area contributed by atoms with Crippen LogP contribution >= 0.6 is 0 Å². The van der Waals surface area contributed by atoms with Gasteiger partial charge in [-0.2, -0.15) is 0 Å². The van der Waals surface area contributed by atoms with E-state index in [1.165, 1.54) is 11.6 Å². The molecule has 0 aromatic heterocycles. The smallest absolute Gasteiger partial charge is 0.330 e. The molecule has 0 fully saturated rings. The van der Waals surface area contributed by atoms with Crippen molar-refractivity contribution < 1.29 is 9.53 Å². The molecule has 0 radical (unpaired) electrons. The fourth-order valence-electron chi connectivity index (χ4n) is 2.15. The standard InChI is InChI=1S/C19H21NO2/c1-2-22-19(21)14-13-18(17-11-7-4-8-12-17)20-15-16-9-5-3-6-10-16/h3-14,18,20H,2,15H2,1H3/b14-13+/t18-/m0/s1. The number of carbonyl (C=O) groups is 1. The molecule has 0 unspecified atom stereocenters. The molecule has 0 heterocycles. The normalized spacial score (nSPS) is 12.2. The Balaban J connectivity index is 2.06. The van der Waals surface area contributed by atoms with Gasteiger partial charge in [-0.15, -0.1) is 0 Å². The lowest BCUT2D eigenvalue weighted by Gasteiger charge is -2.15. The van der Waals surface area contributed by atoms with E-state index >= 15 is 0 Å². The molecule has 3 nitrogen and oxygen atoms in total. The van der Waals surface area contributed by atoms with E-state index in [0.29, 0.717) is 6.61 Å². The first-order valence-electron chi connectivity index (χ1n) is 7.47. The van der Waals surface area contributed by atoms with Gasteiger partial charge in [0.05, 0.1) is 12.6 Å². The molecular formula is C19H21NO2. The number of rotatable bonds is 7. The van der Waals surface area contributed by atoms with Crippen LogP contribution in [-0.2, 0) is 16.1 Å². The summed E-state index contributed by atoms with van der Waals surface area (Å²) < 4.78 is 4.94. The highest BCUT2D eigenvalue weighted by Crippen LogP contribution is 2.15. The third-order valence-corrected chi connectivity index (χ3v) is 3.24. The van der Waals surface area contributed by atoms with Crippen LogP contribution in [0.25, 0.3) is 0 Å². The third-order valence-electron chi connectivity index (χ3n) is 3.24. The summed E-state index contributed by atoms with van der Waals surface area (Å²) in [6.45, 7) is 2.91. The van der Waals surface area contributed by atoms with Gasteiger partial charge in [-0.25, -0.2) is 4.79 Å². The van der Waals surface area contributed by atoms with Crippen LogP contribution in [-0.4, -0.2) is 12.6 Å². The number of esters is 1. The molecule has 2 aromatic rings. The Labute approximate surface area is 131 Å². The van der Waals surface area contributed by atoms with E-state index in [1.54, 1.807) is 6.92 Å². The molecule has 0 aliphatic heterocycles. The monoisotopic (exact) mass is 295 g/mol. The molecule has 0 bridgehead atoms. The maximum Gasteiger partial charge on any atom is 0.330 e. The van der Waals surface area contributed by atoms with E-state index in [2.05, 4.69) is 17.4 Å². The first kappa shape index (κ1) is 16.0. The Bertz CT molecular complexity index is 593. The van der Waals surface area contributed by atoms with Gasteiger partial charge in [0, 0.05) is 12.6 Å². The van der Waals surface area contributed by atoms with Crippen LogP contribution in [0.15, 0.2) is 72.8 Å². The Morgan fingerprint density at radius 3 is 2.36 bits per heavy atom. The molecule has 22 heavy (non-hydrogen) atoms. The molecule has 114 valence electrons. The lowest BCUT2D eigenvalue weighted by molar-refractivity contribution is -0.137. The van der Waals surface area contributed by atoms with E-state index in [0.717, 1.165) is 12.1 Å². The maximum absolute atomic E-state index is 11.5. The molecular weight excluding hydrogens is 274 g/mol. The Kier molecular flexibility index (Phi) is 6.39. The van der Waals surface area contributed by atoms with E-state index in [9.17, 15) is 4.79 Å². The third kappa shape index (κ3) is 5.19. The van der Waals surface area contributed by atoms with Gasteiger partial charge in [-0.05, 0) is 18.1 Å². The molecule has 1 atom stereocenters. The second-order valence-electron chi connectivity index (χ2n) is 4.87. The van der Waals surface area contributed by atoms with Crippen LogP contribution < -0.4 is 5.32 Å². The van der Waals surface area contributed by atoms with E-state index in [1.807, 2.05) is 54.6 Å². The minimum atomic E-state index is -0.315. The Morgan fingerprint density at radius 1 is 1.09 bits per heavy atom. The zero-order valence-corrected chi connectivity index (χ0v) is 12.7. The second kappa shape index (κ2) is 8.80. The summed E-state index contributed by atoms with van der Waals surface area (Å²) in [6.07, 6.45) is 3.33. The molecule has 0 saturated carbocycles. The first-order chi connectivity index (χ1) is 10.8. The molecule has 0 aliphatic carbocycles. The van der Waals surface area contributed by atoms with Gasteiger partial charge in [0.25, 0.3) is 0 Å². The highest BCUT2D eigenvalue weighted by molar-refractivity contribution is 5.82. The maximum atomic E-state index is 11.5. The number of nitrogens with one attached hydrogen (secondary N) is 1. The van der Waals surface area contributed by atoms with Gasteiger partial charge >= 0.3 is 5.97 Å². The minimum Gasteiger partial charge on any atom is -0.463 e. The van der Waals surface area contributed by atoms with Crippen molar-refractivity contribution >= 4 is 5.97 Å². The predicted molar refractivity (Wildman–Crippen MR) is 88.2 cm³/mol. The summed E-state index contributed by atoms with van der Waals surface area (Å²) in [4.78, 5) is 11.5. The topological polar surface area (TPSA) is 38.3 Å². The van der Waals surface area contributed by atoms with Gasteiger partial charge in [-0.1, -0.05) is 66.7 Å². The lowest BCUT2D eigenvalue weighted by atomic mass is 10.1. The summed E-state index contributed by atoms with van der Waals surface area (Å²) in [5.41, 5.74) is 2.31. The number of ether oxygens (including phenoxy) is 1. The van der Waals surface area contributed by atoms with Gasteiger partial charge in [0.1, 0.15) is 0 Å². The van der Waals surface area contributed by atoms with Crippen LogP contribution in [0.5, 0.6) is 0 Å². The highest BCUT2D eigenvalue weighted by Gasteiger charge is 2.08.